The first-order valence-electron chi connectivity index (χ1n) is 6.79. The number of nitrogens with zero attached hydrogens (tertiary/aromatic N) is 2. The van der Waals surface area contributed by atoms with Crippen LogP contribution in [0, 0.1) is 0 Å². The molecule has 0 radical (unpaired) electrons. The van der Waals surface area contributed by atoms with Crippen LogP contribution in [-0.2, 0) is 6.54 Å². The molecule has 5 heteroatoms. The second-order valence-corrected chi connectivity index (χ2v) is 4.87. The first-order valence-corrected chi connectivity index (χ1v) is 6.79. The Morgan fingerprint density at radius 3 is 2.72 bits per heavy atom. The van der Waals surface area contributed by atoms with Crippen molar-refractivity contribution in [2.24, 2.45) is 0 Å². The lowest BCUT2D eigenvalue weighted by Gasteiger charge is -2.24. The van der Waals surface area contributed by atoms with Gasteiger partial charge in [0.2, 0.25) is 0 Å². The number of aromatic nitrogens is 2. The number of hydrogen-bond acceptors (Lipinski definition) is 2. The van der Waals surface area contributed by atoms with Crippen LogP contribution >= 0.6 is 0 Å². The van der Waals surface area contributed by atoms with E-state index < -0.39 is 6.43 Å². The SMILES string of the molecule is CCNCc1cnn(C2CCCCC2)c1C(F)F. The summed E-state index contributed by atoms with van der Waals surface area (Å²) < 4.78 is 28.0. The normalized spacial score (nSPS) is 17.6. The lowest BCUT2D eigenvalue weighted by Crippen LogP contribution is -2.18. The van der Waals surface area contributed by atoms with Crippen LogP contribution in [0.15, 0.2) is 6.20 Å². The van der Waals surface area contributed by atoms with Gasteiger partial charge in [-0.1, -0.05) is 26.2 Å². The standard InChI is InChI=1S/C13H21F2N3/c1-2-16-8-10-9-17-18(12(10)13(14)15)11-6-4-3-5-7-11/h9,11,13,16H,2-8H2,1H3. The molecule has 1 saturated carbocycles. The van der Waals surface area contributed by atoms with Gasteiger partial charge in [-0.2, -0.15) is 5.10 Å². The summed E-state index contributed by atoms with van der Waals surface area (Å²) in [5.41, 5.74) is 0.750. The van der Waals surface area contributed by atoms with Crippen LogP contribution in [0.2, 0.25) is 0 Å². The average molecular weight is 257 g/mol. The lowest BCUT2D eigenvalue weighted by atomic mass is 9.95. The van der Waals surface area contributed by atoms with Crippen LogP contribution in [0.4, 0.5) is 8.78 Å². The minimum Gasteiger partial charge on any atom is -0.313 e. The molecule has 1 fully saturated rings. The molecule has 0 bridgehead atoms. The molecule has 102 valence electrons. The second kappa shape index (κ2) is 6.27. The minimum absolute atomic E-state index is 0.114. The van der Waals surface area contributed by atoms with Crippen LogP contribution in [0.1, 0.15) is 62.8 Å². The predicted octanol–water partition coefficient (Wildman–Crippen LogP) is 3.44. The van der Waals surface area contributed by atoms with Gasteiger partial charge in [-0.3, -0.25) is 4.68 Å². The molecule has 0 saturated heterocycles. The minimum atomic E-state index is -2.44. The Labute approximate surface area is 107 Å². The van der Waals surface area contributed by atoms with E-state index in [2.05, 4.69) is 10.4 Å². The van der Waals surface area contributed by atoms with E-state index in [-0.39, 0.29) is 11.7 Å². The highest BCUT2D eigenvalue weighted by Gasteiger charge is 2.25. The van der Waals surface area contributed by atoms with Crippen LogP contribution in [-0.4, -0.2) is 16.3 Å². The molecule has 18 heavy (non-hydrogen) atoms. The smallest absolute Gasteiger partial charge is 0.280 e. The van der Waals surface area contributed by atoms with Crippen molar-refractivity contribution in [2.75, 3.05) is 6.54 Å². The third-order valence-corrected chi connectivity index (χ3v) is 3.61. The zero-order valence-electron chi connectivity index (χ0n) is 10.8. The van der Waals surface area contributed by atoms with E-state index in [1.54, 1.807) is 10.9 Å². The molecule has 0 aromatic carbocycles. The molecule has 1 aliphatic rings. The van der Waals surface area contributed by atoms with Crippen molar-refractivity contribution in [1.82, 2.24) is 15.1 Å². The van der Waals surface area contributed by atoms with E-state index in [0.717, 1.165) is 32.2 Å². The fraction of sp³-hybridized carbons (Fsp3) is 0.769. The summed E-state index contributed by atoms with van der Waals surface area (Å²) in [7, 11) is 0. The van der Waals surface area contributed by atoms with Crippen molar-refractivity contribution in [2.45, 2.75) is 58.0 Å². The van der Waals surface area contributed by atoms with Crippen LogP contribution in [0.5, 0.6) is 0 Å². The molecule has 0 amide bonds. The number of rotatable bonds is 5. The Balaban J connectivity index is 2.20. The van der Waals surface area contributed by atoms with Gasteiger partial charge in [0.1, 0.15) is 5.69 Å². The summed E-state index contributed by atoms with van der Waals surface area (Å²) in [6.07, 6.45) is 4.56. The average Bonchev–Trinajstić information content (AvgIpc) is 2.81. The summed E-state index contributed by atoms with van der Waals surface area (Å²) in [4.78, 5) is 0. The number of alkyl halides is 2. The third-order valence-electron chi connectivity index (χ3n) is 3.61. The van der Waals surface area contributed by atoms with Crippen molar-refractivity contribution in [1.29, 1.82) is 0 Å². The molecule has 1 aromatic rings. The van der Waals surface area contributed by atoms with Gasteiger partial charge in [0.05, 0.1) is 12.2 Å². The topological polar surface area (TPSA) is 29.9 Å². The maximum Gasteiger partial charge on any atom is 0.280 e. The molecule has 1 heterocycles. The Hall–Kier alpha value is -0.970. The predicted molar refractivity (Wildman–Crippen MR) is 66.7 cm³/mol. The molecular weight excluding hydrogens is 236 g/mol. The van der Waals surface area contributed by atoms with Gasteiger partial charge in [-0.15, -0.1) is 0 Å². The van der Waals surface area contributed by atoms with Crippen molar-refractivity contribution in [3.63, 3.8) is 0 Å². The highest BCUT2D eigenvalue weighted by molar-refractivity contribution is 5.19. The van der Waals surface area contributed by atoms with Crippen LogP contribution < -0.4 is 5.32 Å². The van der Waals surface area contributed by atoms with Gasteiger partial charge in [0.25, 0.3) is 6.43 Å². The maximum atomic E-state index is 13.2. The van der Waals surface area contributed by atoms with Crippen molar-refractivity contribution >= 4 is 0 Å². The Morgan fingerprint density at radius 2 is 2.11 bits per heavy atom. The summed E-state index contributed by atoms with van der Waals surface area (Å²) in [5, 5.41) is 7.30. The molecule has 0 aliphatic heterocycles. The van der Waals surface area contributed by atoms with Crippen molar-refractivity contribution in [3.8, 4) is 0 Å². The fourth-order valence-electron chi connectivity index (χ4n) is 2.66. The lowest BCUT2D eigenvalue weighted by molar-refractivity contribution is 0.131. The number of nitrogens with one attached hydrogen (secondary N) is 1. The highest BCUT2D eigenvalue weighted by atomic mass is 19.3. The quantitative estimate of drug-likeness (QED) is 0.875. The van der Waals surface area contributed by atoms with E-state index >= 15 is 0 Å². The molecule has 1 aliphatic carbocycles. The Bertz CT molecular complexity index is 370. The zero-order chi connectivity index (χ0) is 13.0. The molecule has 0 unspecified atom stereocenters. The Morgan fingerprint density at radius 1 is 1.39 bits per heavy atom. The number of hydrogen-bond donors (Lipinski definition) is 1. The van der Waals surface area contributed by atoms with E-state index in [4.69, 9.17) is 0 Å². The molecule has 0 atom stereocenters. The van der Waals surface area contributed by atoms with Gasteiger partial charge in [-0.25, -0.2) is 8.78 Å². The van der Waals surface area contributed by atoms with Crippen molar-refractivity contribution < 1.29 is 8.78 Å². The summed E-state index contributed by atoms with van der Waals surface area (Å²) >= 11 is 0. The largest absolute Gasteiger partial charge is 0.313 e. The molecule has 3 nitrogen and oxygen atoms in total. The molecule has 0 spiro atoms. The van der Waals surface area contributed by atoms with Crippen LogP contribution in [0.3, 0.4) is 0 Å². The van der Waals surface area contributed by atoms with Gasteiger partial charge in [-0.05, 0) is 19.4 Å². The molecule has 2 rings (SSSR count). The van der Waals surface area contributed by atoms with Gasteiger partial charge in [0.15, 0.2) is 0 Å². The fourth-order valence-corrected chi connectivity index (χ4v) is 2.66. The second-order valence-electron chi connectivity index (χ2n) is 4.87. The first-order chi connectivity index (χ1) is 8.74. The number of halogens is 2. The summed E-state index contributed by atoms with van der Waals surface area (Å²) in [6, 6.07) is 0.165. The molecular formula is C13H21F2N3. The van der Waals surface area contributed by atoms with Crippen LogP contribution in [0.25, 0.3) is 0 Å². The molecule has 1 aromatic heterocycles. The maximum absolute atomic E-state index is 13.2. The highest BCUT2D eigenvalue weighted by Crippen LogP contribution is 2.32. The van der Waals surface area contributed by atoms with E-state index in [1.807, 2.05) is 6.92 Å². The van der Waals surface area contributed by atoms with E-state index in [9.17, 15) is 8.78 Å². The summed E-state index contributed by atoms with van der Waals surface area (Å²) in [6.45, 7) is 3.22. The van der Waals surface area contributed by atoms with Crippen molar-refractivity contribution in [3.05, 3.63) is 17.5 Å². The van der Waals surface area contributed by atoms with Gasteiger partial charge < -0.3 is 5.32 Å². The van der Waals surface area contributed by atoms with Gasteiger partial charge in [0, 0.05) is 12.1 Å². The monoisotopic (exact) mass is 257 g/mol. The summed E-state index contributed by atoms with van der Waals surface area (Å²) in [5.74, 6) is 0. The molecule has 1 N–H and O–H groups in total. The van der Waals surface area contributed by atoms with E-state index in [1.165, 1.54) is 6.42 Å². The van der Waals surface area contributed by atoms with E-state index in [0.29, 0.717) is 12.1 Å². The first kappa shape index (κ1) is 13.5. The van der Waals surface area contributed by atoms with Gasteiger partial charge >= 0.3 is 0 Å². The Kier molecular flexibility index (Phi) is 4.69. The zero-order valence-corrected chi connectivity index (χ0v) is 10.8. The third kappa shape index (κ3) is 2.88.